The minimum Gasteiger partial charge on any atom is -0.348 e. The van der Waals surface area contributed by atoms with Crippen LogP contribution in [-0.4, -0.2) is 36.7 Å². The first-order chi connectivity index (χ1) is 15.4. The second kappa shape index (κ2) is 10.2. The molecule has 1 saturated heterocycles. The van der Waals surface area contributed by atoms with Gasteiger partial charge in [-0.05, 0) is 55.2 Å². The summed E-state index contributed by atoms with van der Waals surface area (Å²) in [6.45, 7) is 3.49. The SMILES string of the molecule is Cc1csc(SCc2ccc(C(=O)NCc3ccc(S(=O)(=O)N4CCCC4)cc3)cc2)n1. The number of thiazole rings is 1. The molecule has 2 heterocycles. The van der Waals surface area contributed by atoms with Gasteiger partial charge >= 0.3 is 0 Å². The Morgan fingerprint density at radius 1 is 1.06 bits per heavy atom. The maximum absolute atomic E-state index is 12.6. The average molecular weight is 488 g/mol. The molecule has 1 amide bonds. The minimum absolute atomic E-state index is 0.159. The molecule has 1 aliphatic rings. The number of hydrogen-bond donors (Lipinski definition) is 1. The fourth-order valence-corrected chi connectivity index (χ4v) is 6.76. The normalized spacial score (nSPS) is 14.5. The predicted molar refractivity (Wildman–Crippen MR) is 128 cm³/mol. The standard InChI is InChI=1S/C23H25N3O3S3/c1-17-15-30-23(25-17)31-16-19-4-8-20(9-5-19)22(27)24-14-18-6-10-21(11-7-18)32(28,29)26-12-2-3-13-26/h4-11,15H,2-3,12-14,16H2,1H3,(H,24,27). The summed E-state index contributed by atoms with van der Waals surface area (Å²) in [7, 11) is -3.41. The summed E-state index contributed by atoms with van der Waals surface area (Å²) in [6, 6.07) is 14.3. The van der Waals surface area contributed by atoms with Crippen molar-refractivity contribution in [3.63, 3.8) is 0 Å². The molecule has 1 fully saturated rings. The third kappa shape index (κ3) is 5.58. The zero-order valence-electron chi connectivity index (χ0n) is 17.8. The van der Waals surface area contributed by atoms with Gasteiger partial charge in [-0.15, -0.1) is 11.3 Å². The minimum atomic E-state index is -3.41. The van der Waals surface area contributed by atoms with Crippen LogP contribution in [0.1, 0.15) is 40.0 Å². The van der Waals surface area contributed by atoms with E-state index < -0.39 is 10.0 Å². The second-order valence-corrected chi connectivity index (χ2v) is 11.7. The number of amides is 1. The predicted octanol–water partition coefficient (Wildman–Crippen LogP) is 4.46. The van der Waals surface area contributed by atoms with Crippen LogP contribution in [0.3, 0.4) is 0 Å². The number of thioether (sulfide) groups is 1. The highest BCUT2D eigenvalue weighted by molar-refractivity contribution is 8.00. The Bertz CT molecular complexity index is 1170. The van der Waals surface area contributed by atoms with Crippen LogP contribution in [0.2, 0.25) is 0 Å². The van der Waals surface area contributed by atoms with Crippen molar-refractivity contribution in [3.05, 3.63) is 76.3 Å². The van der Waals surface area contributed by atoms with Crippen LogP contribution in [0, 0.1) is 6.92 Å². The highest BCUT2D eigenvalue weighted by Gasteiger charge is 2.26. The van der Waals surface area contributed by atoms with Gasteiger partial charge in [-0.2, -0.15) is 4.31 Å². The first-order valence-corrected chi connectivity index (χ1v) is 13.7. The van der Waals surface area contributed by atoms with Gasteiger partial charge in [0.15, 0.2) is 0 Å². The van der Waals surface area contributed by atoms with Crippen molar-refractivity contribution in [1.29, 1.82) is 0 Å². The zero-order valence-corrected chi connectivity index (χ0v) is 20.2. The molecule has 2 aromatic carbocycles. The van der Waals surface area contributed by atoms with Crippen LogP contribution in [0.4, 0.5) is 0 Å². The van der Waals surface area contributed by atoms with Gasteiger partial charge in [0.05, 0.1) is 4.90 Å². The highest BCUT2D eigenvalue weighted by Crippen LogP contribution is 2.26. The van der Waals surface area contributed by atoms with Crippen molar-refractivity contribution in [2.75, 3.05) is 13.1 Å². The Morgan fingerprint density at radius 2 is 1.72 bits per heavy atom. The highest BCUT2D eigenvalue weighted by atomic mass is 32.2. The van der Waals surface area contributed by atoms with E-state index in [2.05, 4.69) is 10.3 Å². The molecule has 1 aliphatic heterocycles. The van der Waals surface area contributed by atoms with Crippen LogP contribution in [-0.2, 0) is 22.3 Å². The third-order valence-electron chi connectivity index (χ3n) is 5.26. The Hall–Kier alpha value is -2.20. The molecule has 0 radical (unpaired) electrons. The topological polar surface area (TPSA) is 79.4 Å². The van der Waals surface area contributed by atoms with Gasteiger partial charge in [-0.3, -0.25) is 4.79 Å². The molecule has 9 heteroatoms. The van der Waals surface area contributed by atoms with Gasteiger partial charge in [0.2, 0.25) is 10.0 Å². The Balaban J connectivity index is 1.29. The van der Waals surface area contributed by atoms with Gasteiger partial charge in [0.1, 0.15) is 4.34 Å². The van der Waals surface area contributed by atoms with E-state index in [-0.39, 0.29) is 5.91 Å². The molecule has 0 aliphatic carbocycles. The largest absolute Gasteiger partial charge is 0.348 e. The van der Waals surface area contributed by atoms with Crippen LogP contribution in [0.25, 0.3) is 0 Å². The van der Waals surface area contributed by atoms with Gasteiger partial charge in [0, 0.05) is 42.0 Å². The van der Waals surface area contributed by atoms with E-state index in [1.54, 1.807) is 47.4 Å². The van der Waals surface area contributed by atoms with Gasteiger partial charge in [-0.25, -0.2) is 13.4 Å². The summed E-state index contributed by atoms with van der Waals surface area (Å²) in [5.41, 5.74) is 3.61. The molecule has 0 saturated carbocycles. The molecule has 32 heavy (non-hydrogen) atoms. The number of sulfonamides is 1. The summed E-state index contributed by atoms with van der Waals surface area (Å²) in [5.74, 6) is 0.648. The zero-order chi connectivity index (χ0) is 22.6. The van der Waals surface area contributed by atoms with Gasteiger partial charge < -0.3 is 5.32 Å². The lowest BCUT2D eigenvalue weighted by atomic mass is 10.1. The van der Waals surface area contributed by atoms with Gasteiger partial charge in [-0.1, -0.05) is 36.0 Å². The van der Waals surface area contributed by atoms with E-state index in [4.69, 9.17) is 0 Å². The average Bonchev–Trinajstić information content (AvgIpc) is 3.49. The van der Waals surface area contributed by atoms with Crippen molar-refractivity contribution in [1.82, 2.24) is 14.6 Å². The summed E-state index contributed by atoms with van der Waals surface area (Å²) in [5, 5.41) is 4.93. The molecule has 6 nitrogen and oxygen atoms in total. The molecule has 0 unspecified atom stereocenters. The van der Waals surface area contributed by atoms with Gasteiger partial charge in [0.25, 0.3) is 5.91 Å². The number of nitrogens with zero attached hydrogens (tertiary/aromatic N) is 2. The fourth-order valence-electron chi connectivity index (χ4n) is 3.44. The molecule has 0 spiro atoms. The van der Waals surface area contributed by atoms with Crippen LogP contribution >= 0.6 is 23.1 Å². The third-order valence-corrected chi connectivity index (χ3v) is 9.38. The molecule has 4 rings (SSSR count). The Labute approximate surface area is 197 Å². The smallest absolute Gasteiger partial charge is 0.251 e. The van der Waals surface area contributed by atoms with E-state index in [1.807, 2.05) is 36.6 Å². The second-order valence-electron chi connectivity index (χ2n) is 7.68. The number of carbonyl (C=O) groups is 1. The first kappa shape index (κ1) is 23.0. The van der Waals surface area contributed by atoms with E-state index >= 15 is 0 Å². The van der Waals surface area contributed by atoms with E-state index in [9.17, 15) is 13.2 Å². The van der Waals surface area contributed by atoms with Crippen molar-refractivity contribution in [2.24, 2.45) is 0 Å². The summed E-state index contributed by atoms with van der Waals surface area (Å²) in [6.07, 6.45) is 1.82. The molecule has 168 valence electrons. The Morgan fingerprint density at radius 3 is 2.34 bits per heavy atom. The molecule has 1 aromatic heterocycles. The molecule has 3 aromatic rings. The van der Waals surface area contributed by atoms with E-state index in [0.29, 0.717) is 30.1 Å². The first-order valence-electron chi connectivity index (χ1n) is 10.4. The number of aromatic nitrogens is 1. The van der Waals surface area contributed by atoms with Crippen LogP contribution < -0.4 is 5.32 Å². The molecular formula is C23H25N3O3S3. The fraction of sp³-hybridized carbons (Fsp3) is 0.304. The Kier molecular flexibility index (Phi) is 7.30. The van der Waals surface area contributed by atoms with Crippen molar-refractivity contribution < 1.29 is 13.2 Å². The number of hydrogen-bond acceptors (Lipinski definition) is 6. The number of aryl methyl sites for hydroxylation is 1. The van der Waals surface area contributed by atoms with Crippen LogP contribution in [0.15, 0.2) is 63.1 Å². The van der Waals surface area contributed by atoms with Crippen molar-refractivity contribution >= 4 is 39.0 Å². The summed E-state index contributed by atoms with van der Waals surface area (Å²) in [4.78, 5) is 17.2. The van der Waals surface area contributed by atoms with E-state index in [1.165, 1.54) is 4.31 Å². The lowest BCUT2D eigenvalue weighted by Gasteiger charge is -2.15. The summed E-state index contributed by atoms with van der Waals surface area (Å²) >= 11 is 3.33. The van der Waals surface area contributed by atoms with E-state index in [0.717, 1.165) is 39.8 Å². The number of nitrogens with one attached hydrogen (secondary N) is 1. The monoisotopic (exact) mass is 487 g/mol. The van der Waals surface area contributed by atoms with Crippen LogP contribution in [0.5, 0.6) is 0 Å². The quantitative estimate of drug-likeness (QED) is 0.475. The number of rotatable bonds is 8. The number of carbonyl (C=O) groups excluding carboxylic acids is 1. The molecule has 1 N–H and O–H groups in total. The molecule has 0 bridgehead atoms. The van der Waals surface area contributed by atoms with Crippen molar-refractivity contribution in [3.8, 4) is 0 Å². The summed E-state index contributed by atoms with van der Waals surface area (Å²) < 4.78 is 27.8. The maximum Gasteiger partial charge on any atom is 0.251 e. The van der Waals surface area contributed by atoms with Crippen molar-refractivity contribution in [2.45, 2.75) is 41.3 Å². The lowest BCUT2D eigenvalue weighted by Crippen LogP contribution is -2.28. The molecular weight excluding hydrogens is 462 g/mol. The number of benzene rings is 2. The maximum atomic E-state index is 12.6. The molecule has 0 atom stereocenters. The lowest BCUT2D eigenvalue weighted by molar-refractivity contribution is 0.0951.